The lowest BCUT2D eigenvalue weighted by Crippen LogP contribution is -2.28. The van der Waals surface area contributed by atoms with Gasteiger partial charge in [-0.1, -0.05) is 15.9 Å². The average molecular weight is 269 g/mol. The summed E-state index contributed by atoms with van der Waals surface area (Å²) in [5.41, 5.74) is 1.71. The summed E-state index contributed by atoms with van der Waals surface area (Å²) in [5.74, 6) is 0.0909. The summed E-state index contributed by atoms with van der Waals surface area (Å²) < 4.78 is 0. The number of amides is 1. The number of halogens is 1. The standard InChI is InChI=1S/C11H13BrN2O/c1-8-4-9(6-13-5-8)11(15)14-3-2-10(12)7-14/h4-6,10H,2-3,7H2,1H3. The van der Waals surface area contributed by atoms with Crippen LogP contribution in [-0.4, -0.2) is 33.7 Å². The first-order chi connectivity index (χ1) is 7.16. The molecule has 80 valence electrons. The third-order valence-corrected chi connectivity index (χ3v) is 3.29. The van der Waals surface area contributed by atoms with Gasteiger partial charge in [-0.15, -0.1) is 0 Å². The minimum absolute atomic E-state index is 0.0909. The molecule has 0 N–H and O–H groups in total. The fourth-order valence-corrected chi connectivity index (χ4v) is 2.31. The molecule has 0 saturated carbocycles. The molecule has 1 fully saturated rings. The highest BCUT2D eigenvalue weighted by Gasteiger charge is 2.25. The van der Waals surface area contributed by atoms with Crippen LogP contribution in [0.3, 0.4) is 0 Å². The SMILES string of the molecule is Cc1cncc(C(=O)N2CCC(Br)C2)c1. The lowest BCUT2D eigenvalue weighted by atomic mass is 10.2. The van der Waals surface area contributed by atoms with Crippen molar-refractivity contribution in [3.05, 3.63) is 29.6 Å². The first-order valence-electron chi connectivity index (χ1n) is 5.02. The molecule has 1 aromatic heterocycles. The molecular formula is C11H13BrN2O. The second-order valence-corrected chi connectivity index (χ2v) is 5.18. The number of rotatable bonds is 1. The van der Waals surface area contributed by atoms with Crippen LogP contribution in [0.5, 0.6) is 0 Å². The van der Waals surface area contributed by atoms with Crippen LogP contribution >= 0.6 is 15.9 Å². The largest absolute Gasteiger partial charge is 0.337 e. The van der Waals surface area contributed by atoms with Crippen molar-refractivity contribution in [2.24, 2.45) is 0 Å². The summed E-state index contributed by atoms with van der Waals surface area (Å²) in [6.07, 6.45) is 4.43. The van der Waals surface area contributed by atoms with E-state index in [1.54, 1.807) is 12.4 Å². The Kier molecular flexibility index (Phi) is 3.05. The van der Waals surface area contributed by atoms with E-state index in [1.165, 1.54) is 0 Å². The summed E-state index contributed by atoms with van der Waals surface area (Å²) in [6.45, 7) is 3.58. The topological polar surface area (TPSA) is 33.2 Å². The number of carbonyl (C=O) groups excluding carboxylic acids is 1. The Balaban J connectivity index is 2.14. The minimum Gasteiger partial charge on any atom is -0.337 e. The molecule has 1 atom stereocenters. The Bertz CT molecular complexity index is 381. The van der Waals surface area contributed by atoms with Crippen LogP contribution in [0.2, 0.25) is 0 Å². The second-order valence-electron chi connectivity index (χ2n) is 3.89. The Hall–Kier alpha value is -0.900. The van der Waals surface area contributed by atoms with Gasteiger partial charge in [-0.2, -0.15) is 0 Å². The van der Waals surface area contributed by atoms with Gasteiger partial charge in [-0.25, -0.2) is 0 Å². The number of carbonyl (C=O) groups is 1. The predicted molar refractivity (Wildman–Crippen MR) is 62.2 cm³/mol. The highest BCUT2D eigenvalue weighted by molar-refractivity contribution is 9.09. The van der Waals surface area contributed by atoms with E-state index in [-0.39, 0.29) is 5.91 Å². The lowest BCUT2D eigenvalue weighted by molar-refractivity contribution is 0.0793. The number of pyridine rings is 1. The van der Waals surface area contributed by atoms with Crippen LogP contribution in [0.1, 0.15) is 22.3 Å². The maximum atomic E-state index is 12.0. The van der Waals surface area contributed by atoms with E-state index in [0.717, 1.165) is 25.1 Å². The van der Waals surface area contributed by atoms with Crippen molar-refractivity contribution in [1.82, 2.24) is 9.88 Å². The normalized spacial score (nSPS) is 20.7. The molecule has 0 spiro atoms. The Morgan fingerprint density at radius 1 is 1.60 bits per heavy atom. The molecule has 1 aliphatic rings. The van der Waals surface area contributed by atoms with E-state index in [2.05, 4.69) is 20.9 Å². The van der Waals surface area contributed by atoms with E-state index >= 15 is 0 Å². The maximum absolute atomic E-state index is 12.0. The number of likely N-dealkylation sites (tertiary alicyclic amines) is 1. The molecule has 0 bridgehead atoms. The zero-order valence-electron chi connectivity index (χ0n) is 8.61. The average Bonchev–Trinajstić information content (AvgIpc) is 2.64. The first kappa shape index (κ1) is 10.6. The highest BCUT2D eigenvalue weighted by Crippen LogP contribution is 2.18. The summed E-state index contributed by atoms with van der Waals surface area (Å²) in [6, 6.07) is 1.89. The monoisotopic (exact) mass is 268 g/mol. The molecule has 2 heterocycles. The van der Waals surface area contributed by atoms with Gasteiger partial charge in [-0.05, 0) is 25.0 Å². The van der Waals surface area contributed by atoms with E-state index in [9.17, 15) is 4.79 Å². The molecule has 0 radical (unpaired) electrons. The number of alkyl halides is 1. The summed E-state index contributed by atoms with van der Waals surface area (Å²) in [5, 5.41) is 0. The van der Waals surface area contributed by atoms with Crippen molar-refractivity contribution in [3.63, 3.8) is 0 Å². The van der Waals surface area contributed by atoms with Crippen molar-refractivity contribution in [3.8, 4) is 0 Å². The number of nitrogens with zero attached hydrogens (tertiary/aromatic N) is 2. The van der Waals surface area contributed by atoms with E-state index < -0.39 is 0 Å². The van der Waals surface area contributed by atoms with Crippen LogP contribution in [0.4, 0.5) is 0 Å². The van der Waals surface area contributed by atoms with Gasteiger partial charge >= 0.3 is 0 Å². The molecule has 3 nitrogen and oxygen atoms in total. The van der Waals surface area contributed by atoms with Crippen molar-refractivity contribution >= 4 is 21.8 Å². The molecule has 1 unspecified atom stereocenters. The van der Waals surface area contributed by atoms with E-state index in [1.807, 2.05) is 17.9 Å². The van der Waals surface area contributed by atoms with Crippen molar-refractivity contribution in [1.29, 1.82) is 0 Å². The predicted octanol–water partition coefficient (Wildman–Crippen LogP) is 2.00. The number of aromatic nitrogens is 1. The summed E-state index contributed by atoms with van der Waals surface area (Å²) >= 11 is 3.52. The van der Waals surface area contributed by atoms with Crippen LogP contribution in [0, 0.1) is 6.92 Å². The molecule has 0 aromatic carbocycles. The summed E-state index contributed by atoms with van der Waals surface area (Å²) in [4.78, 5) is 18.4. The van der Waals surface area contributed by atoms with Crippen molar-refractivity contribution < 1.29 is 4.79 Å². The second kappa shape index (κ2) is 4.31. The zero-order valence-corrected chi connectivity index (χ0v) is 10.2. The van der Waals surface area contributed by atoms with Crippen LogP contribution in [-0.2, 0) is 0 Å². The molecule has 0 aliphatic carbocycles. The van der Waals surface area contributed by atoms with Gasteiger partial charge in [0.05, 0.1) is 5.56 Å². The van der Waals surface area contributed by atoms with Gasteiger partial charge in [0.15, 0.2) is 0 Å². The van der Waals surface area contributed by atoms with Crippen LogP contribution in [0.15, 0.2) is 18.5 Å². The van der Waals surface area contributed by atoms with Crippen LogP contribution in [0.25, 0.3) is 0 Å². The Morgan fingerprint density at radius 2 is 2.40 bits per heavy atom. The van der Waals surface area contributed by atoms with Gasteiger partial charge in [0.1, 0.15) is 0 Å². The minimum atomic E-state index is 0.0909. The van der Waals surface area contributed by atoms with Gasteiger partial charge in [-0.3, -0.25) is 9.78 Å². The maximum Gasteiger partial charge on any atom is 0.255 e. The number of hydrogen-bond donors (Lipinski definition) is 0. The lowest BCUT2D eigenvalue weighted by Gasteiger charge is -2.15. The molecular weight excluding hydrogens is 256 g/mol. The van der Waals surface area contributed by atoms with Crippen LogP contribution < -0.4 is 0 Å². The highest BCUT2D eigenvalue weighted by atomic mass is 79.9. The molecule has 1 aromatic rings. The molecule has 2 rings (SSSR count). The number of hydrogen-bond acceptors (Lipinski definition) is 2. The van der Waals surface area contributed by atoms with Gasteiger partial charge < -0.3 is 4.90 Å². The molecule has 1 amide bonds. The quantitative estimate of drug-likeness (QED) is 0.730. The molecule has 4 heteroatoms. The number of aryl methyl sites for hydroxylation is 1. The Labute approximate surface area is 97.6 Å². The fraction of sp³-hybridized carbons (Fsp3) is 0.455. The van der Waals surface area contributed by atoms with Gasteiger partial charge in [0, 0.05) is 30.3 Å². The molecule has 1 saturated heterocycles. The van der Waals surface area contributed by atoms with E-state index in [4.69, 9.17) is 0 Å². The van der Waals surface area contributed by atoms with Gasteiger partial charge in [0.25, 0.3) is 5.91 Å². The molecule has 1 aliphatic heterocycles. The smallest absolute Gasteiger partial charge is 0.255 e. The molecule has 15 heavy (non-hydrogen) atoms. The fourth-order valence-electron chi connectivity index (χ4n) is 1.76. The zero-order chi connectivity index (χ0) is 10.8. The van der Waals surface area contributed by atoms with Crippen molar-refractivity contribution in [2.45, 2.75) is 18.2 Å². The third kappa shape index (κ3) is 2.37. The third-order valence-electron chi connectivity index (χ3n) is 2.54. The van der Waals surface area contributed by atoms with E-state index in [0.29, 0.717) is 10.4 Å². The first-order valence-corrected chi connectivity index (χ1v) is 5.93. The Morgan fingerprint density at radius 3 is 3.00 bits per heavy atom. The van der Waals surface area contributed by atoms with Gasteiger partial charge in [0.2, 0.25) is 0 Å². The summed E-state index contributed by atoms with van der Waals surface area (Å²) in [7, 11) is 0. The van der Waals surface area contributed by atoms with Crippen molar-refractivity contribution in [2.75, 3.05) is 13.1 Å².